The number of methoxy groups -OCH3 is 1. The zero-order valence-corrected chi connectivity index (χ0v) is 14.5. The zero-order chi connectivity index (χ0) is 17.9. The first kappa shape index (κ1) is 16.2. The smallest absolute Gasteiger partial charge is 0.321 e. The number of pyridine rings is 1. The molecule has 26 heavy (non-hydrogen) atoms. The van der Waals surface area contributed by atoms with E-state index in [0.29, 0.717) is 26.2 Å². The Balaban J connectivity index is 1.38. The summed E-state index contributed by atoms with van der Waals surface area (Å²) in [6, 6.07) is 9.33. The fourth-order valence-corrected chi connectivity index (χ4v) is 3.12. The molecule has 3 heterocycles. The number of benzene rings is 1. The van der Waals surface area contributed by atoms with Gasteiger partial charge in [-0.3, -0.25) is 5.10 Å². The van der Waals surface area contributed by atoms with E-state index in [-0.39, 0.29) is 6.03 Å². The van der Waals surface area contributed by atoms with Crippen LogP contribution in [-0.2, 0) is 0 Å². The molecule has 3 aromatic rings. The lowest BCUT2D eigenvalue weighted by molar-refractivity contribution is 0.208. The van der Waals surface area contributed by atoms with Gasteiger partial charge in [-0.15, -0.1) is 0 Å². The van der Waals surface area contributed by atoms with E-state index in [4.69, 9.17) is 4.74 Å². The number of H-pyrrole nitrogens is 1. The standard InChI is InChI=1S/C18H20N6O2/c1-26-16-3-2-6-19-17(16)23-7-9-24(10-8-23)18(25)21-14-4-5-15-13(11-14)12-20-22-15/h2-6,11-12H,7-10H2,1H3,(H,20,22)(H,21,25). The van der Waals surface area contributed by atoms with Crippen molar-refractivity contribution in [3.05, 3.63) is 42.7 Å². The highest BCUT2D eigenvalue weighted by atomic mass is 16.5. The van der Waals surface area contributed by atoms with Crippen molar-refractivity contribution < 1.29 is 9.53 Å². The van der Waals surface area contributed by atoms with E-state index in [1.807, 2.05) is 35.2 Å². The predicted molar refractivity (Wildman–Crippen MR) is 99.7 cm³/mol. The molecule has 2 aromatic heterocycles. The van der Waals surface area contributed by atoms with Crippen LogP contribution in [0.2, 0.25) is 0 Å². The third-order valence-electron chi connectivity index (χ3n) is 4.53. The maximum Gasteiger partial charge on any atom is 0.321 e. The van der Waals surface area contributed by atoms with Crippen LogP contribution in [0.15, 0.2) is 42.7 Å². The number of ether oxygens (including phenoxy) is 1. The summed E-state index contributed by atoms with van der Waals surface area (Å²) in [5.74, 6) is 1.57. The molecule has 0 unspecified atom stereocenters. The van der Waals surface area contributed by atoms with Gasteiger partial charge >= 0.3 is 6.03 Å². The first-order valence-corrected chi connectivity index (χ1v) is 8.47. The maximum atomic E-state index is 12.5. The minimum atomic E-state index is -0.0968. The molecule has 1 aromatic carbocycles. The van der Waals surface area contributed by atoms with Crippen molar-refractivity contribution in [1.29, 1.82) is 0 Å². The number of anilines is 2. The van der Waals surface area contributed by atoms with Crippen molar-refractivity contribution in [2.75, 3.05) is 43.5 Å². The summed E-state index contributed by atoms with van der Waals surface area (Å²) in [6.07, 6.45) is 3.49. The third-order valence-corrected chi connectivity index (χ3v) is 4.53. The number of urea groups is 1. The first-order valence-electron chi connectivity index (χ1n) is 8.47. The molecule has 134 valence electrons. The first-order chi connectivity index (χ1) is 12.7. The van der Waals surface area contributed by atoms with Gasteiger partial charge in [-0.1, -0.05) is 0 Å². The Kier molecular flexibility index (Phi) is 4.30. The molecular weight excluding hydrogens is 332 g/mol. The molecular formula is C18H20N6O2. The quantitative estimate of drug-likeness (QED) is 0.755. The van der Waals surface area contributed by atoms with Crippen LogP contribution in [0.5, 0.6) is 5.75 Å². The van der Waals surface area contributed by atoms with Crippen molar-refractivity contribution in [3.8, 4) is 5.75 Å². The van der Waals surface area contributed by atoms with Gasteiger partial charge in [-0.2, -0.15) is 5.10 Å². The number of hydrogen-bond acceptors (Lipinski definition) is 5. The summed E-state index contributed by atoms with van der Waals surface area (Å²) in [6.45, 7) is 2.67. The number of fused-ring (bicyclic) bond motifs is 1. The Labute approximate surface area is 150 Å². The molecule has 1 aliphatic heterocycles. The van der Waals surface area contributed by atoms with Gasteiger partial charge in [-0.25, -0.2) is 9.78 Å². The van der Waals surface area contributed by atoms with Crippen molar-refractivity contribution >= 4 is 28.4 Å². The van der Waals surface area contributed by atoms with Gasteiger partial charge in [0.2, 0.25) is 0 Å². The van der Waals surface area contributed by atoms with E-state index in [0.717, 1.165) is 28.2 Å². The Morgan fingerprint density at radius 3 is 2.88 bits per heavy atom. The van der Waals surface area contributed by atoms with Gasteiger partial charge in [0.15, 0.2) is 11.6 Å². The number of carbonyl (C=O) groups is 1. The second-order valence-corrected chi connectivity index (χ2v) is 6.11. The number of carbonyl (C=O) groups excluding carboxylic acids is 1. The maximum absolute atomic E-state index is 12.5. The highest BCUT2D eigenvalue weighted by molar-refractivity contribution is 5.92. The van der Waals surface area contributed by atoms with Gasteiger partial charge in [-0.05, 0) is 30.3 Å². The van der Waals surface area contributed by atoms with Crippen LogP contribution in [0.25, 0.3) is 10.9 Å². The number of aromatic amines is 1. The molecule has 8 heteroatoms. The molecule has 4 rings (SSSR count). The van der Waals surface area contributed by atoms with Crippen LogP contribution in [0, 0.1) is 0 Å². The lowest BCUT2D eigenvalue weighted by Crippen LogP contribution is -2.50. The highest BCUT2D eigenvalue weighted by Gasteiger charge is 2.23. The number of hydrogen-bond donors (Lipinski definition) is 2. The minimum absolute atomic E-state index is 0.0968. The topological polar surface area (TPSA) is 86.4 Å². The van der Waals surface area contributed by atoms with E-state index in [1.54, 1.807) is 19.5 Å². The van der Waals surface area contributed by atoms with Crippen LogP contribution >= 0.6 is 0 Å². The lowest BCUT2D eigenvalue weighted by Gasteiger charge is -2.35. The number of rotatable bonds is 3. The van der Waals surface area contributed by atoms with Crippen LogP contribution in [0.4, 0.5) is 16.3 Å². The second-order valence-electron chi connectivity index (χ2n) is 6.11. The largest absolute Gasteiger partial charge is 0.493 e. The summed E-state index contributed by atoms with van der Waals surface area (Å²) in [7, 11) is 1.64. The Hall–Kier alpha value is -3.29. The second kappa shape index (κ2) is 6.91. The summed E-state index contributed by atoms with van der Waals surface area (Å²) in [5.41, 5.74) is 1.71. The molecule has 2 N–H and O–H groups in total. The van der Waals surface area contributed by atoms with Gasteiger partial charge in [0.25, 0.3) is 0 Å². The Morgan fingerprint density at radius 2 is 2.08 bits per heavy atom. The van der Waals surface area contributed by atoms with Gasteiger partial charge in [0.1, 0.15) is 0 Å². The summed E-state index contributed by atoms with van der Waals surface area (Å²) in [5, 5.41) is 10.8. The summed E-state index contributed by atoms with van der Waals surface area (Å²) in [4.78, 5) is 20.9. The van der Waals surface area contributed by atoms with E-state index < -0.39 is 0 Å². The number of amides is 2. The monoisotopic (exact) mass is 352 g/mol. The molecule has 0 radical (unpaired) electrons. The van der Waals surface area contributed by atoms with E-state index in [1.165, 1.54) is 0 Å². The molecule has 0 saturated carbocycles. The molecule has 1 saturated heterocycles. The number of nitrogens with zero attached hydrogens (tertiary/aromatic N) is 4. The van der Waals surface area contributed by atoms with E-state index in [9.17, 15) is 4.79 Å². The number of piperazine rings is 1. The molecule has 1 aliphatic rings. The van der Waals surface area contributed by atoms with Crippen molar-refractivity contribution in [2.24, 2.45) is 0 Å². The summed E-state index contributed by atoms with van der Waals surface area (Å²) >= 11 is 0. The Morgan fingerprint density at radius 1 is 1.23 bits per heavy atom. The van der Waals surface area contributed by atoms with Gasteiger partial charge in [0.05, 0.1) is 18.8 Å². The zero-order valence-electron chi connectivity index (χ0n) is 14.5. The van der Waals surface area contributed by atoms with Crippen LogP contribution < -0.4 is 15.0 Å². The summed E-state index contributed by atoms with van der Waals surface area (Å²) < 4.78 is 5.38. The number of aromatic nitrogens is 3. The molecule has 0 atom stereocenters. The molecule has 1 fully saturated rings. The number of nitrogens with one attached hydrogen (secondary N) is 2. The SMILES string of the molecule is COc1cccnc1N1CCN(C(=O)Nc2ccc3[nH]ncc3c2)CC1. The van der Waals surface area contributed by atoms with Crippen molar-refractivity contribution in [1.82, 2.24) is 20.1 Å². The van der Waals surface area contributed by atoms with Gasteiger partial charge in [0, 0.05) is 43.4 Å². The minimum Gasteiger partial charge on any atom is -0.493 e. The molecule has 8 nitrogen and oxygen atoms in total. The van der Waals surface area contributed by atoms with Crippen LogP contribution in [0.1, 0.15) is 0 Å². The normalized spacial score (nSPS) is 14.5. The van der Waals surface area contributed by atoms with E-state index in [2.05, 4.69) is 25.4 Å². The van der Waals surface area contributed by atoms with Crippen molar-refractivity contribution in [3.63, 3.8) is 0 Å². The van der Waals surface area contributed by atoms with Gasteiger partial charge < -0.3 is 19.9 Å². The molecule has 2 amide bonds. The Bertz CT molecular complexity index is 917. The van der Waals surface area contributed by atoms with Crippen molar-refractivity contribution in [2.45, 2.75) is 0 Å². The lowest BCUT2D eigenvalue weighted by atomic mass is 10.2. The molecule has 0 spiro atoms. The average molecular weight is 352 g/mol. The predicted octanol–water partition coefficient (Wildman–Crippen LogP) is 2.32. The fourth-order valence-electron chi connectivity index (χ4n) is 3.12. The molecule has 0 bridgehead atoms. The molecule has 0 aliphatic carbocycles. The third kappa shape index (κ3) is 3.13. The highest BCUT2D eigenvalue weighted by Crippen LogP contribution is 2.25. The fraction of sp³-hybridized carbons (Fsp3) is 0.278. The average Bonchev–Trinajstić information content (AvgIpc) is 3.16. The van der Waals surface area contributed by atoms with Crippen LogP contribution in [0.3, 0.4) is 0 Å². The van der Waals surface area contributed by atoms with Crippen LogP contribution in [-0.4, -0.2) is 59.4 Å². The van der Waals surface area contributed by atoms with E-state index >= 15 is 0 Å².